The summed E-state index contributed by atoms with van der Waals surface area (Å²) in [4.78, 5) is 31.1. The Labute approximate surface area is 223 Å². The predicted molar refractivity (Wildman–Crippen MR) is 137 cm³/mol. The fourth-order valence-corrected chi connectivity index (χ4v) is 8.41. The fourth-order valence-electron chi connectivity index (χ4n) is 6.16. The minimum atomic E-state index is -3.66. The van der Waals surface area contributed by atoms with Crippen LogP contribution in [0.3, 0.4) is 0 Å². The lowest BCUT2D eigenvalue weighted by Gasteiger charge is -2.43. The molecule has 0 bridgehead atoms. The molecule has 0 radical (unpaired) electrons. The van der Waals surface area contributed by atoms with Crippen LogP contribution < -0.4 is 0 Å². The average molecular weight is 555 g/mol. The third kappa shape index (κ3) is 5.28. The minimum Gasteiger partial charge on any atom is -0.450 e. The second-order valence-electron chi connectivity index (χ2n) is 10.2. The van der Waals surface area contributed by atoms with E-state index in [2.05, 4.69) is 4.90 Å². The third-order valence-corrected chi connectivity index (χ3v) is 10.2. The van der Waals surface area contributed by atoms with Crippen molar-refractivity contribution in [3.63, 3.8) is 0 Å². The summed E-state index contributed by atoms with van der Waals surface area (Å²) in [7, 11) is -3.66. The molecule has 0 aromatic heterocycles. The molecule has 4 heterocycles. The lowest BCUT2D eigenvalue weighted by molar-refractivity contribution is 0.0288. The molecule has 4 aliphatic heterocycles. The van der Waals surface area contributed by atoms with Crippen molar-refractivity contribution in [2.24, 2.45) is 0 Å². The zero-order valence-corrected chi connectivity index (χ0v) is 22.8. The van der Waals surface area contributed by atoms with Gasteiger partial charge in [0.05, 0.1) is 23.6 Å². The molecule has 4 aliphatic rings. The van der Waals surface area contributed by atoms with Gasteiger partial charge < -0.3 is 19.3 Å². The van der Waals surface area contributed by atoms with Crippen molar-refractivity contribution < 1.29 is 27.5 Å². The normalized spacial score (nSPS) is 27.9. The van der Waals surface area contributed by atoms with Gasteiger partial charge in [-0.25, -0.2) is 18.0 Å². The van der Waals surface area contributed by atoms with Gasteiger partial charge >= 0.3 is 12.2 Å². The summed E-state index contributed by atoms with van der Waals surface area (Å²) >= 11 is 6.16. The molecular formula is C25H35ClN4O6S. The van der Waals surface area contributed by atoms with E-state index < -0.39 is 22.2 Å². The molecule has 3 fully saturated rings. The van der Waals surface area contributed by atoms with Gasteiger partial charge in [-0.2, -0.15) is 4.31 Å². The number of halogens is 1. The van der Waals surface area contributed by atoms with E-state index >= 15 is 0 Å². The number of carbonyl (C=O) groups excluding carboxylic acids is 2. The van der Waals surface area contributed by atoms with Crippen molar-refractivity contribution >= 4 is 33.8 Å². The van der Waals surface area contributed by atoms with Gasteiger partial charge in [0.25, 0.3) is 0 Å². The van der Waals surface area contributed by atoms with Crippen LogP contribution in [-0.4, -0.2) is 104 Å². The Morgan fingerprint density at radius 2 is 1.73 bits per heavy atom. The van der Waals surface area contributed by atoms with Crippen LogP contribution in [0.1, 0.15) is 50.6 Å². The minimum absolute atomic E-state index is 0.0374. The number of rotatable bonds is 4. The highest BCUT2D eigenvalue weighted by molar-refractivity contribution is 7.89. The van der Waals surface area contributed by atoms with Gasteiger partial charge in [-0.05, 0) is 62.8 Å². The lowest BCUT2D eigenvalue weighted by atomic mass is 9.94. The molecule has 0 saturated carbocycles. The summed E-state index contributed by atoms with van der Waals surface area (Å²) in [6, 6.07) is 4.49. The highest BCUT2D eigenvalue weighted by Crippen LogP contribution is 2.47. The van der Waals surface area contributed by atoms with Crippen LogP contribution in [0.25, 0.3) is 0 Å². The number of likely N-dealkylation sites (tertiary alicyclic amines) is 1. The Hall–Kier alpha value is -2.08. The molecule has 0 N–H and O–H groups in total. The number of piperazine rings is 1. The zero-order chi connectivity index (χ0) is 26.2. The van der Waals surface area contributed by atoms with Crippen LogP contribution in [0.5, 0.6) is 0 Å². The van der Waals surface area contributed by atoms with Crippen LogP contribution in [0.15, 0.2) is 23.1 Å². The average Bonchev–Trinajstić information content (AvgIpc) is 3.14. The third-order valence-electron chi connectivity index (χ3n) is 7.98. The SMILES string of the molecule is CCOC(=O)N1CCN(C2CCCN(C(=O)OC[C@H]3CCC[C@H]4c5cc(Cl)ccc5S(=O)(=O)N34)C2)CC1. The van der Waals surface area contributed by atoms with Crippen molar-refractivity contribution in [1.82, 2.24) is 19.0 Å². The molecular weight excluding hydrogens is 520 g/mol. The van der Waals surface area contributed by atoms with Gasteiger partial charge in [-0.1, -0.05) is 11.6 Å². The maximum absolute atomic E-state index is 13.3. The van der Waals surface area contributed by atoms with Gasteiger partial charge in [0.2, 0.25) is 10.0 Å². The second kappa shape index (κ2) is 11.0. The van der Waals surface area contributed by atoms with Crippen molar-refractivity contribution in [1.29, 1.82) is 0 Å². The Morgan fingerprint density at radius 1 is 0.973 bits per heavy atom. The number of fused-ring (bicyclic) bond motifs is 3. The van der Waals surface area contributed by atoms with Gasteiger partial charge in [0.1, 0.15) is 6.61 Å². The summed E-state index contributed by atoms with van der Waals surface area (Å²) in [6.07, 6.45) is 3.43. The molecule has 3 atom stereocenters. The quantitative estimate of drug-likeness (QED) is 0.563. The molecule has 0 aliphatic carbocycles. The van der Waals surface area contributed by atoms with Crippen molar-refractivity contribution in [2.45, 2.75) is 62.0 Å². The first-order valence-corrected chi connectivity index (χ1v) is 15.0. The largest absolute Gasteiger partial charge is 0.450 e. The van der Waals surface area contributed by atoms with Crippen LogP contribution in [-0.2, 0) is 19.5 Å². The monoisotopic (exact) mass is 554 g/mol. The Kier molecular flexibility index (Phi) is 7.86. The number of sulfonamides is 1. The molecule has 3 saturated heterocycles. The molecule has 204 valence electrons. The number of nitrogens with zero attached hydrogens (tertiary/aromatic N) is 4. The Morgan fingerprint density at radius 3 is 2.49 bits per heavy atom. The molecule has 37 heavy (non-hydrogen) atoms. The highest BCUT2D eigenvalue weighted by Gasteiger charge is 2.48. The van der Waals surface area contributed by atoms with Crippen molar-refractivity contribution in [3.05, 3.63) is 28.8 Å². The van der Waals surface area contributed by atoms with E-state index in [-0.39, 0.29) is 24.8 Å². The van der Waals surface area contributed by atoms with E-state index in [1.807, 2.05) is 0 Å². The summed E-state index contributed by atoms with van der Waals surface area (Å²) in [5.41, 5.74) is 0.741. The lowest BCUT2D eigenvalue weighted by Crippen LogP contribution is -2.56. The maximum Gasteiger partial charge on any atom is 0.409 e. The number of amides is 2. The summed E-state index contributed by atoms with van der Waals surface area (Å²) < 4.78 is 39.0. The van der Waals surface area contributed by atoms with E-state index in [0.717, 1.165) is 44.3 Å². The van der Waals surface area contributed by atoms with E-state index in [4.69, 9.17) is 21.1 Å². The number of carbonyl (C=O) groups is 2. The van der Waals surface area contributed by atoms with Gasteiger partial charge in [0, 0.05) is 50.3 Å². The van der Waals surface area contributed by atoms with E-state index in [0.29, 0.717) is 49.1 Å². The standard InChI is InChI=1S/C25H35ClN4O6S/c1-2-35-24(31)28-13-11-27(12-14-28)19-6-4-10-29(16-19)25(32)36-17-20-5-3-7-22-21-15-18(26)8-9-23(21)37(33,34)30(20)22/h8-9,15,19-20,22H,2-7,10-14,16-17H2,1H3/t19?,20-,22+/m1/s1. The Bertz CT molecular complexity index is 1130. The summed E-state index contributed by atoms with van der Waals surface area (Å²) in [5.74, 6) is 0. The van der Waals surface area contributed by atoms with Crippen LogP contribution in [0, 0.1) is 0 Å². The molecule has 10 nitrogen and oxygen atoms in total. The number of hydrogen-bond acceptors (Lipinski definition) is 7. The van der Waals surface area contributed by atoms with Crippen LogP contribution >= 0.6 is 11.6 Å². The zero-order valence-electron chi connectivity index (χ0n) is 21.2. The molecule has 5 rings (SSSR count). The molecule has 1 aromatic carbocycles. The second-order valence-corrected chi connectivity index (χ2v) is 12.4. The van der Waals surface area contributed by atoms with Gasteiger partial charge in [-0.3, -0.25) is 4.90 Å². The van der Waals surface area contributed by atoms with E-state index in [1.165, 1.54) is 4.31 Å². The van der Waals surface area contributed by atoms with Crippen molar-refractivity contribution in [2.75, 3.05) is 52.5 Å². The maximum atomic E-state index is 13.3. The smallest absolute Gasteiger partial charge is 0.409 e. The van der Waals surface area contributed by atoms with Crippen LogP contribution in [0.2, 0.25) is 5.02 Å². The molecule has 1 aromatic rings. The topological polar surface area (TPSA) is 99.7 Å². The molecule has 2 amide bonds. The molecule has 12 heteroatoms. The highest BCUT2D eigenvalue weighted by atomic mass is 35.5. The molecule has 0 spiro atoms. The fraction of sp³-hybridized carbons (Fsp3) is 0.680. The van der Waals surface area contributed by atoms with Gasteiger partial charge in [-0.15, -0.1) is 0 Å². The summed E-state index contributed by atoms with van der Waals surface area (Å²) in [5, 5.41) is 0.520. The van der Waals surface area contributed by atoms with E-state index in [9.17, 15) is 18.0 Å². The molecule has 1 unspecified atom stereocenters. The first kappa shape index (κ1) is 26.5. The first-order chi connectivity index (χ1) is 17.8. The predicted octanol–water partition coefficient (Wildman–Crippen LogP) is 3.31. The number of benzene rings is 1. The van der Waals surface area contributed by atoms with E-state index in [1.54, 1.807) is 34.9 Å². The Balaban J connectivity index is 1.16. The van der Waals surface area contributed by atoms with Crippen LogP contribution in [0.4, 0.5) is 9.59 Å². The summed E-state index contributed by atoms with van der Waals surface area (Å²) in [6.45, 7) is 6.10. The number of ether oxygens (including phenoxy) is 2. The first-order valence-electron chi connectivity index (χ1n) is 13.2. The number of hydrogen-bond donors (Lipinski definition) is 0. The van der Waals surface area contributed by atoms with Gasteiger partial charge in [0.15, 0.2) is 0 Å². The van der Waals surface area contributed by atoms with Crippen molar-refractivity contribution in [3.8, 4) is 0 Å². The number of piperidine rings is 2.